The Morgan fingerprint density at radius 2 is 1.85 bits per heavy atom. The van der Waals surface area contributed by atoms with Gasteiger partial charge >= 0.3 is 0 Å². The second kappa shape index (κ2) is 7.48. The van der Waals surface area contributed by atoms with Crippen LogP contribution in [0.15, 0.2) is 42.7 Å². The summed E-state index contributed by atoms with van der Waals surface area (Å²) >= 11 is 0. The topological polar surface area (TPSA) is 49.8 Å². The van der Waals surface area contributed by atoms with Gasteiger partial charge in [-0.2, -0.15) is 0 Å². The van der Waals surface area contributed by atoms with Crippen LogP contribution in [0, 0.1) is 0 Å². The zero-order valence-corrected chi connectivity index (χ0v) is 12.1. The second-order valence-corrected chi connectivity index (χ2v) is 4.90. The van der Waals surface area contributed by atoms with Crippen molar-refractivity contribution in [3.8, 4) is 0 Å². The maximum absolute atomic E-state index is 4.24. The summed E-state index contributed by atoms with van der Waals surface area (Å²) in [7, 11) is 0. The number of hydrogen-bond acceptors (Lipinski definition) is 4. The molecular weight excluding hydrogens is 248 g/mol. The molecule has 1 aromatic carbocycles. The Kier molecular flexibility index (Phi) is 5.35. The quantitative estimate of drug-likeness (QED) is 0.810. The molecule has 1 unspecified atom stereocenters. The molecule has 106 valence electrons. The van der Waals surface area contributed by atoms with Gasteiger partial charge in [0.15, 0.2) is 0 Å². The van der Waals surface area contributed by atoms with Gasteiger partial charge in [-0.3, -0.25) is 0 Å². The van der Waals surface area contributed by atoms with E-state index in [0.717, 1.165) is 31.0 Å². The van der Waals surface area contributed by atoms with Crippen LogP contribution < -0.4 is 10.6 Å². The number of aromatic nitrogens is 2. The molecule has 4 heteroatoms. The minimum Gasteiger partial charge on any atom is -0.370 e. The van der Waals surface area contributed by atoms with Crippen molar-refractivity contribution < 1.29 is 0 Å². The molecule has 0 aliphatic carbocycles. The molecule has 2 N–H and O–H groups in total. The van der Waals surface area contributed by atoms with Crippen LogP contribution >= 0.6 is 0 Å². The first-order valence-electron chi connectivity index (χ1n) is 7.14. The van der Waals surface area contributed by atoms with Crippen molar-refractivity contribution in [1.82, 2.24) is 9.97 Å². The van der Waals surface area contributed by atoms with Crippen molar-refractivity contribution in [2.24, 2.45) is 0 Å². The Balaban J connectivity index is 1.85. The largest absolute Gasteiger partial charge is 0.370 e. The summed E-state index contributed by atoms with van der Waals surface area (Å²) in [5.41, 5.74) is 1.33. The molecule has 1 aromatic heterocycles. The lowest BCUT2D eigenvalue weighted by atomic mass is 10.1. The van der Waals surface area contributed by atoms with Gasteiger partial charge in [0.1, 0.15) is 18.0 Å². The van der Waals surface area contributed by atoms with Crippen molar-refractivity contribution in [2.45, 2.75) is 32.7 Å². The summed E-state index contributed by atoms with van der Waals surface area (Å²) in [4.78, 5) is 8.47. The molecule has 2 aromatic rings. The molecular formula is C16H22N4. The van der Waals surface area contributed by atoms with Gasteiger partial charge in [-0.05, 0) is 25.3 Å². The molecule has 0 aliphatic rings. The predicted octanol–water partition coefficient (Wildman–Crippen LogP) is 3.34. The molecule has 1 atom stereocenters. The standard InChI is InChI=1S/C16H22N4/c1-3-13(2)20-16-11-15(18-12-19-16)17-10-9-14-7-5-4-6-8-14/h4-8,11-13H,3,9-10H2,1-2H3,(H2,17,18,19,20). The Hall–Kier alpha value is -2.10. The number of benzene rings is 1. The molecule has 4 nitrogen and oxygen atoms in total. The van der Waals surface area contributed by atoms with E-state index in [2.05, 4.69) is 58.7 Å². The van der Waals surface area contributed by atoms with Gasteiger partial charge in [0.25, 0.3) is 0 Å². The van der Waals surface area contributed by atoms with Gasteiger partial charge in [-0.1, -0.05) is 37.3 Å². The fraction of sp³-hybridized carbons (Fsp3) is 0.375. The first-order valence-corrected chi connectivity index (χ1v) is 7.14. The molecule has 0 radical (unpaired) electrons. The van der Waals surface area contributed by atoms with E-state index in [1.54, 1.807) is 6.33 Å². The highest BCUT2D eigenvalue weighted by atomic mass is 15.1. The van der Waals surface area contributed by atoms with Crippen LogP contribution in [0.25, 0.3) is 0 Å². The Morgan fingerprint density at radius 3 is 2.60 bits per heavy atom. The van der Waals surface area contributed by atoms with Crippen LogP contribution in [-0.4, -0.2) is 22.6 Å². The number of nitrogens with zero attached hydrogens (tertiary/aromatic N) is 2. The van der Waals surface area contributed by atoms with E-state index in [1.807, 2.05) is 12.1 Å². The molecule has 0 saturated heterocycles. The van der Waals surface area contributed by atoms with Crippen LogP contribution in [-0.2, 0) is 6.42 Å². The van der Waals surface area contributed by atoms with Gasteiger partial charge in [0.05, 0.1) is 0 Å². The Bertz CT molecular complexity index is 513. The monoisotopic (exact) mass is 270 g/mol. The van der Waals surface area contributed by atoms with Crippen LogP contribution in [0.1, 0.15) is 25.8 Å². The zero-order chi connectivity index (χ0) is 14.2. The highest BCUT2D eigenvalue weighted by Gasteiger charge is 2.02. The van der Waals surface area contributed by atoms with Crippen LogP contribution in [0.5, 0.6) is 0 Å². The molecule has 0 bridgehead atoms. The van der Waals surface area contributed by atoms with Crippen molar-refractivity contribution >= 4 is 11.6 Å². The molecule has 0 saturated carbocycles. The van der Waals surface area contributed by atoms with E-state index >= 15 is 0 Å². The van der Waals surface area contributed by atoms with Gasteiger partial charge in [-0.25, -0.2) is 9.97 Å². The SMILES string of the molecule is CCC(C)Nc1cc(NCCc2ccccc2)ncn1. The van der Waals surface area contributed by atoms with Crippen LogP contribution in [0.2, 0.25) is 0 Å². The van der Waals surface area contributed by atoms with Crippen molar-refractivity contribution in [3.05, 3.63) is 48.3 Å². The number of hydrogen-bond donors (Lipinski definition) is 2. The van der Waals surface area contributed by atoms with Gasteiger partial charge in [0.2, 0.25) is 0 Å². The van der Waals surface area contributed by atoms with Gasteiger partial charge < -0.3 is 10.6 Å². The third-order valence-corrected chi connectivity index (χ3v) is 3.24. The summed E-state index contributed by atoms with van der Waals surface area (Å²) < 4.78 is 0. The van der Waals surface area contributed by atoms with Crippen LogP contribution in [0.3, 0.4) is 0 Å². The van der Waals surface area contributed by atoms with E-state index in [4.69, 9.17) is 0 Å². The number of rotatable bonds is 7. The summed E-state index contributed by atoms with van der Waals surface area (Å²) in [6.45, 7) is 5.16. The fourth-order valence-electron chi connectivity index (χ4n) is 1.87. The first-order chi connectivity index (χ1) is 9.78. The summed E-state index contributed by atoms with van der Waals surface area (Å²) in [6, 6.07) is 12.8. The van der Waals surface area contributed by atoms with Gasteiger partial charge in [-0.15, -0.1) is 0 Å². The molecule has 0 amide bonds. The minimum absolute atomic E-state index is 0.419. The number of nitrogens with one attached hydrogen (secondary N) is 2. The van der Waals surface area contributed by atoms with Crippen LogP contribution in [0.4, 0.5) is 11.6 Å². The summed E-state index contributed by atoms with van der Waals surface area (Å²) in [5, 5.41) is 6.68. The smallest absolute Gasteiger partial charge is 0.131 e. The Morgan fingerprint density at radius 1 is 1.10 bits per heavy atom. The lowest BCUT2D eigenvalue weighted by Crippen LogP contribution is -2.15. The molecule has 0 spiro atoms. The zero-order valence-electron chi connectivity index (χ0n) is 12.1. The normalized spacial score (nSPS) is 11.9. The van der Waals surface area contributed by atoms with Crippen molar-refractivity contribution in [3.63, 3.8) is 0 Å². The lowest BCUT2D eigenvalue weighted by molar-refractivity contribution is 0.758. The van der Waals surface area contributed by atoms with E-state index in [1.165, 1.54) is 5.56 Å². The van der Waals surface area contributed by atoms with Gasteiger partial charge in [0, 0.05) is 18.7 Å². The first kappa shape index (κ1) is 14.3. The molecule has 0 fully saturated rings. The van der Waals surface area contributed by atoms with E-state index in [9.17, 15) is 0 Å². The summed E-state index contributed by atoms with van der Waals surface area (Å²) in [5.74, 6) is 1.73. The predicted molar refractivity (Wildman–Crippen MR) is 84.0 cm³/mol. The van der Waals surface area contributed by atoms with Crippen molar-refractivity contribution in [2.75, 3.05) is 17.2 Å². The van der Waals surface area contributed by atoms with E-state index in [0.29, 0.717) is 6.04 Å². The average Bonchev–Trinajstić information content (AvgIpc) is 2.48. The molecule has 20 heavy (non-hydrogen) atoms. The highest BCUT2D eigenvalue weighted by molar-refractivity contribution is 5.46. The summed E-state index contributed by atoms with van der Waals surface area (Å²) in [6.07, 6.45) is 3.65. The lowest BCUT2D eigenvalue weighted by Gasteiger charge is -2.12. The second-order valence-electron chi connectivity index (χ2n) is 4.90. The van der Waals surface area contributed by atoms with E-state index < -0.39 is 0 Å². The minimum atomic E-state index is 0.419. The number of anilines is 2. The highest BCUT2D eigenvalue weighted by Crippen LogP contribution is 2.11. The van der Waals surface area contributed by atoms with E-state index in [-0.39, 0.29) is 0 Å². The average molecular weight is 270 g/mol. The maximum atomic E-state index is 4.24. The third kappa shape index (κ3) is 4.53. The Labute approximate surface area is 120 Å². The fourth-order valence-corrected chi connectivity index (χ4v) is 1.87. The molecule has 0 aliphatic heterocycles. The maximum Gasteiger partial charge on any atom is 0.131 e. The molecule has 1 heterocycles. The molecule has 2 rings (SSSR count). The van der Waals surface area contributed by atoms with Crippen molar-refractivity contribution in [1.29, 1.82) is 0 Å². The third-order valence-electron chi connectivity index (χ3n) is 3.24.